The maximum absolute atomic E-state index is 12.3. The lowest BCUT2D eigenvalue weighted by Gasteiger charge is -2.12. The summed E-state index contributed by atoms with van der Waals surface area (Å²) in [4.78, 5) is 12.9. The first-order chi connectivity index (χ1) is 7.37. The molecule has 8 heteroatoms. The SMILES string of the molecule is O=c1[nH]c(CF)c(OC(F)(F)F)cc1CO. The molecule has 0 unspecified atom stereocenters. The summed E-state index contributed by atoms with van der Waals surface area (Å²) in [6, 6.07) is 0.654. The van der Waals surface area contributed by atoms with Crippen molar-refractivity contribution < 1.29 is 27.4 Å². The molecule has 1 aromatic heterocycles. The first kappa shape index (κ1) is 12.5. The molecule has 90 valence electrons. The Morgan fingerprint density at radius 2 is 2.06 bits per heavy atom. The molecule has 4 nitrogen and oxygen atoms in total. The summed E-state index contributed by atoms with van der Waals surface area (Å²) in [6.07, 6.45) is -4.99. The first-order valence-electron chi connectivity index (χ1n) is 4.05. The van der Waals surface area contributed by atoms with E-state index in [2.05, 4.69) is 4.74 Å². The maximum Gasteiger partial charge on any atom is 0.573 e. The number of H-pyrrole nitrogens is 1. The molecule has 0 bridgehead atoms. The second kappa shape index (κ2) is 4.52. The van der Waals surface area contributed by atoms with Crippen LogP contribution in [0.25, 0.3) is 0 Å². The molecule has 0 aromatic carbocycles. The van der Waals surface area contributed by atoms with Gasteiger partial charge in [-0.2, -0.15) is 0 Å². The van der Waals surface area contributed by atoms with Crippen LogP contribution in [0.2, 0.25) is 0 Å². The highest BCUT2D eigenvalue weighted by atomic mass is 19.4. The predicted octanol–water partition coefficient (Wildman–Crippen LogP) is 1.24. The largest absolute Gasteiger partial charge is 0.573 e. The second-order valence-electron chi connectivity index (χ2n) is 2.81. The molecule has 0 atom stereocenters. The van der Waals surface area contributed by atoms with E-state index in [4.69, 9.17) is 5.11 Å². The van der Waals surface area contributed by atoms with E-state index in [-0.39, 0.29) is 5.56 Å². The van der Waals surface area contributed by atoms with Crippen LogP contribution in [0.1, 0.15) is 11.3 Å². The Hall–Kier alpha value is -1.57. The molecule has 1 rings (SSSR count). The van der Waals surface area contributed by atoms with Crippen molar-refractivity contribution in [1.29, 1.82) is 0 Å². The summed E-state index contributed by atoms with van der Waals surface area (Å²) in [6.45, 7) is -2.08. The molecule has 0 radical (unpaired) electrons. The third-order valence-electron chi connectivity index (χ3n) is 1.69. The third-order valence-corrected chi connectivity index (χ3v) is 1.69. The van der Waals surface area contributed by atoms with Gasteiger partial charge in [0, 0.05) is 5.56 Å². The van der Waals surface area contributed by atoms with E-state index in [0.29, 0.717) is 6.07 Å². The minimum Gasteiger partial charge on any atom is -0.404 e. The fourth-order valence-corrected chi connectivity index (χ4v) is 1.02. The van der Waals surface area contributed by atoms with Crippen molar-refractivity contribution in [3.63, 3.8) is 0 Å². The molecule has 0 aliphatic carbocycles. The van der Waals surface area contributed by atoms with Gasteiger partial charge in [0.1, 0.15) is 6.67 Å². The van der Waals surface area contributed by atoms with Gasteiger partial charge in [0.05, 0.1) is 12.3 Å². The number of aromatic amines is 1. The first-order valence-corrected chi connectivity index (χ1v) is 4.05. The van der Waals surface area contributed by atoms with E-state index in [1.165, 1.54) is 0 Å². The van der Waals surface area contributed by atoms with Crippen LogP contribution in [0.15, 0.2) is 10.9 Å². The summed E-state index contributed by atoms with van der Waals surface area (Å²) in [5.41, 5.74) is -1.82. The van der Waals surface area contributed by atoms with Crippen molar-refractivity contribution >= 4 is 0 Å². The molecule has 0 amide bonds. The van der Waals surface area contributed by atoms with Gasteiger partial charge >= 0.3 is 6.36 Å². The van der Waals surface area contributed by atoms with Crippen molar-refractivity contribution in [2.24, 2.45) is 0 Å². The van der Waals surface area contributed by atoms with Crippen molar-refractivity contribution in [3.05, 3.63) is 27.7 Å². The zero-order valence-corrected chi connectivity index (χ0v) is 7.77. The van der Waals surface area contributed by atoms with Gasteiger partial charge in [0.15, 0.2) is 5.75 Å². The number of pyridine rings is 1. The van der Waals surface area contributed by atoms with Gasteiger partial charge < -0.3 is 14.8 Å². The highest BCUT2D eigenvalue weighted by Gasteiger charge is 2.32. The van der Waals surface area contributed by atoms with Crippen molar-refractivity contribution in [3.8, 4) is 5.75 Å². The highest BCUT2D eigenvalue weighted by Crippen LogP contribution is 2.25. The summed E-state index contributed by atoms with van der Waals surface area (Å²) in [5, 5.41) is 8.65. The Morgan fingerprint density at radius 3 is 2.50 bits per heavy atom. The third kappa shape index (κ3) is 2.96. The highest BCUT2D eigenvalue weighted by molar-refractivity contribution is 5.31. The Bertz CT molecular complexity index is 426. The average molecular weight is 241 g/mol. The minimum atomic E-state index is -4.99. The number of hydrogen-bond donors (Lipinski definition) is 2. The summed E-state index contributed by atoms with van der Waals surface area (Å²) in [7, 11) is 0. The molecule has 1 heterocycles. The molecular formula is C8H7F4NO3. The number of halogens is 4. The molecule has 2 N–H and O–H groups in total. The lowest BCUT2D eigenvalue weighted by atomic mass is 10.2. The van der Waals surface area contributed by atoms with Crippen LogP contribution in [0.3, 0.4) is 0 Å². The molecular weight excluding hydrogens is 234 g/mol. The minimum absolute atomic E-state index is 0.337. The Balaban J connectivity index is 3.20. The van der Waals surface area contributed by atoms with Gasteiger partial charge in [-0.15, -0.1) is 13.2 Å². The number of aliphatic hydroxyl groups excluding tert-OH is 1. The van der Waals surface area contributed by atoms with Crippen LogP contribution in [-0.2, 0) is 13.3 Å². The normalized spacial score (nSPS) is 11.6. The van der Waals surface area contributed by atoms with Crippen LogP contribution < -0.4 is 10.3 Å². The zero-order valence-electron chi connectivity index (χ0n) is 7.77. The van der Waals surface area contributed by atoms with Crippen LogP contribution in [0.4, 0.5) is 17.6 Å². The van der Waals surface area contributed by atoms with Gasteiger partial charge in [0.25, 0.3) is 5.56 Å². The van der Waals surface area contributed by atoms with Crippen LogP contribution in [0.5, 0.6) is 5.75 Å². The number of ether oxygens (including phenoxy) is 1. The summed E-state index contributed by atoms with van der Waals surface area (Å²) < 4.78 is 51.5. The predicted molar refractivity (Wildman–Crippen MR) is 44.5 cm³/mol. The fraction of sp³-hybridized carbons (Fsp3) is 0.375. The van der Waals surface area contributed by atoms with E-state index in [1.807, 2.05) is 4.98 Å². The van der Waals surface area contributed by atoms with Gasteiger partial charge in [0.2, 0.25) is 0 Å². The number of aliphatic hydroxyl groups is 1. The Labute approximate surface area is 86.5 Å². The summed E-state index contributed by atoms with van der Waals surface area (Å²) >= 11 is 0. The van der Waals surface area contributed by atoms with E-state index in [9.17, 15) is 22.4 Å². The molecule has 16 heavy (non-hydrogen) atoms. The molecule has 0 spiro atoms. The smallest absolute Gasteiger partial charge is 0.404 e. The quantitative estimate of drug-likeness (QED) is 0.782. The molecule has 0 aliphatic heterocycles. The van der Waals surface area contributed by atoms with E-state index >= 15 is 0 Å². The standard InChI is InChI=1S/C8H7F4NO3/c9-2-5-6(16-8(10,11)12)1-4(3-14)7(15)13-5/h1,14H,2-3H2,(H,13,15). The Morgan fingerprint density at radius 1 is 1.44 bits per heavy atom. The molecule has 1 aromatic rings. The lowest BCUT2D eigenvalue weighted by Crippen LogP contribution is -2.22. The van der Waals surface area contributed by atoms with Crippen molar-refractivity contribution in [1.82, 2.24) is 4.98 Å². The number of nitrogens with one attached hydrogen (secondary N) is 1. The van der Waals surface area contributed by atoms with E-state index < -0.39 is 36.6 Å². The van der Waals surface area contributed by atoms with Gasteiger partial charge in [-0.3, -0.25) is 4.79 Å². The molecule has 0 saturated carbocycles. The van der Waals surface area contributed by atoms with Gasteiger partial charge in [-0.1, -0.05) is 0 Å². The van der Waals surface area contributed by atoms with E-state index in [0.717, 1.165) is 0 Å². The number of hydrogen-bond acceptors (Lipinski definition) is 3. The number of alkyl halides is 4. The van der Waals surface area contributed by atoms with Crippen molar-refractivity contribution in [2.75, 3.05) is 0 Å². The maximum atomic E-state index is 12.3. The van der Waals surface area contributed by atoms with Crippen LogP contribution in [-0.4, -0.2) is 16.5 Å². The molecule has 0 fully saturated rings. The van der Waals surface area contributed by atoms with Gasteiger partial charge in [-0.05, 0) is 6.07 Å². The summed E-state index contributed by atoms with van der Waals surface area (Å²) in [5.74, 6) is -0.862. The fourth-order valence-electron chi connectivity index (χ4n) is 1.02. The lowest BCUT2D eigenvalue weighted by molar-refractivity contribution is -0.275. The van der Waals surface area contributed by atoms with Crippen molar-refractivity contribution in [2.45, 2.75) is 19.6 Å². The van der Waals surface area contributed by atoms with Crippen LogP contribution >= 0.6 is 0 Å². The molecule has 0 aliphatic rings. The average Bonchev–Trinajstić information content (AvgIpc) is 2.18. The zero-order chi connectivity index (χ0) is 12.3. The van der Waals surface area contributed by atoms with E-state index in [1.54, 1.807) is 0 Å². The topological polar surface area (TPSA) is 62.3 Å². The van der Waals surface area contributed by atoms with Crippen LogP contribution in [0, 0.1) is 0 Å². The number of aromatic nitrogens is 1. The Kier molecular flexibility index (Phi) is 3.53. The second-order valence-corrected chi connectivity index (χ2v) is 2.81. The monoisotopic (exact) mass is 241 g/mol. The number of rotatable bonds is 3. The van der Waals surface area contributed by atoms with Gasteiger partial charge in [-0.25, -0.2) is 4.39 Å². The molecule has 0 saturated heterocycles.